The maximum Gasteiger partial charge on any atom is 0.109 e. The second-order valence-electron chi connectivity index (χ2n) is 3.37. The zero-order valence-corrected chi connectivity index (χ0v) is 9.13. The molecule has 0 aliphatic heterocycles. The zero-order chi connectivity index (χ0) is 11.6. The van der Waals surface area contributed by atoms with E-state index in [0.717, 1.165) is 0 Å². The van der Waals surface area contributed by atoms with E-state index in [2.05, 4.69) is 9.97 Å². The smallest absolute Gasteiger partial charge is 0.109 e. The van der Waals surface area contributed by atoms with Gasteiger partial charge in [0, 0.05) is 11.9 Å². The van der Waals surface area contributed by atoms with Crippen LogP contribution in [-0.4, -0.2) is 15.7 Å². The number of nitrogens with one attached hydrogen (secondary N) is 1. The Bertz CT molecular complexity index is 511. The predicted molar refractivity (Wildman–Crippen MR) is 60.4 cm³/mol. The Hall–Kier alpha value is -1.91. The highest BCUT2D eigenvalue weighted by atomic mass is 14.8. The van der Waals surface area contributed by atoms with Crippen LogP contribution in [0.25, 0.3) is 11.9 Å². The van der Waals surface area contributed by atoms with Crippen molar-refractivity contribution < 1.29 is 0 Å². The molecule has 0 atom stereocenters. The Kier molecular flexibility index (Phi) is 3.04. The Morgan fingerprint density at radius 2 is 1.93 bits per heavy atom. The SMILES string of the molecule is CC(=N)c1nc(=C/N)/c(=C(/C)N)nc1C. The normalized spacial score (nSPS) is 13.9. The summed E-state index contributed by atoms with van der Waals surface area (Å²) in [5, 5.41) is 8.63. The lowest BCUT2D eigenvalue weighted by atomic mass is 10.2. The minimum absolute atomic E-state index is 0.365. The molecule has 1 rings (SSSR count). The molecule has 0 amide bonds. The van der Waals surface area contributed by atoms with Crippen LogP contribution >= 0.6 is 0 Å². The maximum absolute atomic E-state index is 7.53. The molecule has 0 saturated heterocycles. The fraction of sp³-hybridized carbons (Fsp3) is 0.300. The topological polar surface area (TPSA) is 102 Å². The average Bonchev–Trinajstić information content (AvgIpc) is 2.16. The molecule has 0 spiro atoms. The van der Waals surface area contributed by atoms with Crippen molar-refractivity contribution in [3.05, 3.63) is 22.1 Å². The van der Waals surface area contributed by atoms with E-state index in [4.69, 9.17) is 16.9 Å². The largest absolute Gasteiger partial charge is 0.403 e. The van der Waals surface area contributed by atoms with Gasteiger partial charge in [0.25, 0.3) is 0 Å². The first-order chi connectivity index (χ1) is 6.97. The molecule has 1 aromatic rings. The molecule has 80 valence electrons. The molecule has 0 bridgehead atoms. The Labute approximate surface area is 88.0 Å². The second-order valence-corrected chi connectivity index (χ2v) is 3.37. The molecule has 1 heterocycles. The molecule has 0 aromatic carbocycles. The van der Waals surface area contributed by atoms with Crippen molar-refractivity contribution in [2.45, 2.75) is 20.8 Å². The zero-order valence-electron chi connectivity index (χ0n) is 9.13. The van der Waals surface area contributed by atoms with Crippen molar-refractivity contribution in [3.8, 4) is 0 Å². The number of rotatable bonds is 1. The van der Waals surface area contributed by atoms with Crippen LogP contribution in [0.1, 0.15) is 25.2 Å². The first-order valence-corrected chi connectivity index (χ1v) is 4.56. The number of hydrogen-bond acceptors (Lipinski definition) is 5. The summed E-state index contributed by atoms with van der Waals surface area (Å²) in [7, 11) is 0. The molecular formula is C10H15N5. The lowest BCUT2D eigenvalue weighted by Gasteiger charge is -2.02. The molecule has 1 aromatic heterocycles. The van der Waals surface area contributed by atoms with E-state index < -0.39 is 0 Å². The third-order valence-corrected chi connectivity index (χ3v) is 1.98. The van der Waals surface area contributed by atoms with Gasteiger partial charge in [0.15, 0.2) is 0 Å². The number of nitrogens with zero attached hydrogens (tertiary/aromatic N) is 2. The second kappa shape index (κ2) is 4.08. The van der Waals surface area contributed by atoms with Crippen LogP contribution in [0, 0.1) is 12.3 Å². The fourth-order valence-electron chi connectivity index (χ4n) is 1.29. The summed E-state index contributed by atoms with van der Waals surface area (Å²) < 4.78 is 0. The Morgan fingerprint density at radius 1 is 1.33 bits per heavy atom. The van der Waals surface area contributed by atoms with Crippen LogP contribution in [0.2, 0.25) is 0 Å². The lowest BCUT2D eigenvalue weighted by Crippen LogP contribution is -2.38. The number of nitrogens with two attached hydrogens (primary N) is 2. The van der Waals surface area contributed by atoms with Crippen molar-refractivity contribution >= 4 is 17.6 Å². The molecule has 0 aliphatic carbocycles. The van der Waals surface area contributed by atoms with Gasteiger partial charge in [-0.1, -0.05) is 0 Å². The van der Waals surface area contributed by atoms with Gasteiger partial charge in [0.2, 0.25) is 0 Å². The number of hydrogen-bond donors (Lipinski definition) is 3. The van der Waals surface area contributed by atoms with E-state index in [1.165, 1.54) is 6.20 Å². The van der Waals surface area contributed by atoms with Crippen molar-refractivity contribution in [2.75, 3.05) is 0 Å². The fourth-order valence-corrected chi connectivity index (χ4v) is 1.29. The molecule has 0 radical (unpaired) electrons. The molecule has 0 unspecified atom stereocenters. The maximum atomic E-state index is 7.53. The van der Waals surface area contributed by atoms with E-state index in [1.54, 1.807) is 20.8 Å². The number of aromatic nitrogens is 2. The highest BCUT2D eigenvalue weighted by Gasteiger charge is 2.05. The van der Waals surface area contributed by atoms with Crippen molar-refractivity contribution in [3.63, 3.8) is 0 Å². The van der Waals surface area contributed by atoms with E-state index in [0.29, 0.717) is 33.5 Å². The summed E-state index contributed by atoms with van der Waals surface area (Å²) in [5.74, 6) is 0. The van der Waals surface area contributed by atoms with Crippen LogP contribution in [0.4, 0.5) is 0 Å². The van der Waals surface area contributed by atoms with Gasteiger partial charge >= 0.3 is 0 Å². The van der Waals surface area contributed by atoms with Gasteiger partial charge in [-0.2, -0.15) is 0 Å². The average molecular weight is 205 g/mol. The molecule has 0 fully saturated rings. The van der Waals surface area contributed by atoms with Crippen LogP contribution in [0.3, 0.4) is 0 Å². The van der Waals surface area contributed by atoms with Gasteiger partial charge in [0.05, 0.1) is 11.4 Å². The van der Waals surface area contributed by atoms with E-state index in [1.807, 2.05) is 0 Å². The summed E-state index contributed by atoms with van der Waals surface area (Å²) >= 11 is 0. The van der Waals surface area contributed by atoms with Gasteiger partial charge in [-0.25, -0.2) is 9.97 Å². The quantitative estimate of drug-likeness (QED) is 0.509. The molecule has 0 aliphatic rings. The molecular weight excluding hydrogens is 190 g/mol. The Balaban J connectivity index is 3.75. The van der Waals surface area contributed by atoms with E-state index in [9.17, 15) is 0 Å². The van der Waals surface area contributed by atoms with Crippen molar-refractivity contribution in [1.29, 1.82) is 5.41 Å². The third kappa shape index (κ3) is 2.12. The lowest BCUT2D eigenvalue weighted by molar-refractivity contribution is 1.00. The van der Waals surface area contributed by atoms with Crippen molar-refractivity contribution in [2.24, 2.45) is 11.5 Å². The molecule has 15 heavy (non-hydrogen) atoms. The molecule has 5 nitrogen and oxygen atoms in total. The van der Waals surface area contributed by atoms with Gasteiger partial charge in [-0.3, -0.25) is 0 Å². The highest BCUT2D eigenvalue weighted by Crippen LogP contribution is 1.96. The monoisotopic (exact) mass is 205 g/mol. The summed E-state index contributed by atoms with van der Waals surface area (Å²) in [6.07, 6.45) is 1.35. The highest BCUT2D eigenvalue weighted by molar-refractivity contribution is 5.95. The first-order valence-electron chi connectivity index (χ1n) is 4.56. The van der Waals surface area contributed by atoms with E-state index >= 15 is 0 Å². The van der Waals surface area contributed by atoms with Gasteiger partial charge in [-0.15, -0.1) is 0 Å². The Morgan fingerprint density at radius 3 is 2.33 bits per heavy atom. The van der Waals surface area contributed by atoms with Crippen LogP contribution < -0.4 is 22.2 Å². The van der Waals surface area contributed by atoms with Gasteiger partial charge < -0.3 is 16.9 Å². The molecule has 5 heteroatoms. The minimum atomic E-state index is 0.365. The third-order valence-electron chi connectivity index (χ3n) is 1.98. The number of aryl methyl sites for hydroxylation is 1. The van der Waals surface area contributed by atoms with Crippen LogP contribution in [-0.2, 0) is 0 Å². The first kappa shape index (κ1) is 11.2. The van der Waals surface area contributed by atoms with Crippen LogP contribution in [0.5, 0.6) is 0 Å². The summed E-state index contributed by atoms with van der Waals surface area (Å²) in [6, 6.07) is 0. The summed E-state index contributed by atoms with van der Waals surface area (Å²) in [4.78, 5) is 8.53. The van der Waals surface area contributed by atoms with Crippen molar-refractivity contribution in [1.82, 2.24) is 9.97 Å². The minimum Gasteiger partial charge on any atom is -0.403 e. The summed E-state index contributed by atoms with van der Waals surface area (Å²) in [6.45, 7) is 5.20. The van der Waals surface area contributed by atoms with Gasteiger partial charge in [0.1, 0.15) is 16.4 Å². The van der Waals surface area contributed by atoms with Gasteiger partial charge in [-0.05, 0) is 20.8 Å². The summed E-state index contributed by atoms with van der Waals surface area (Å²) in [5.41, 5.74) is 13.3. The van der Waals surface area contributed by atoms with E-state index in [-0.39, 0.29) is 0 Å². The standard InChI is InChI=1S/C10H15N5/c1-5(12)9-7(3)14-10(6(2)13)8(4-11)15-9/h4,12H,11,13H2,1-3H3/b8-4+,10-6+,12-5?. The predicted octanol–water partition coefficient (Wildman–Crippen LogP) is -1.04. The molecule has 0 saturated carbocycles. The van der Waals surface area contributed by atoms with Crippen LogP contribution in [0.15, 0.2) is 0 Å². The molecule has 5 N–H and O–H groups in total.